The third-order valence-corrected chi connectivity index (χ3v) is 2.97. The molecule has 1 unspecified atom stereocenters. The smallest absolute Gasteiger partial charge is 0.206 e. The first-order chi connectivity index (χ1) is 7.98. The summed E-state index contributed by atoms with van der Waals surface area (Å²) in [6.45, 7) is 2.53. The normalized spacial score (nSPS) is 14.7. The molecule has 18 heavy (non-hydrogen) atoms. The van der Waals surface area contributed by atoms with Gasteiger partial charge in [0.1, 0.15) is 11.2 Å². The molecule has 102 valence electrons. The number of rotatable bonds is 2. The van der Waals surface area contributed by atoms with E-state index in [1.807, 2.05) is 0 Å². The fourth-order valence-electron chi connectivity index (χ4n) is 1.48. The number of aryl methyl sites for hydroxylation is 2. The Morgan fingerprint density at radius 1 is 1.00 bits per heavy atom. The van der Waals surface area contributed by atoms with E-state index in [9.17, 15) is 26.3 Å². The summed E-state index contributed by atoms with van der Waals surface area (Å²) in [5, 5.41) is -2.59. The number of hydrogen-bond acceptors (Lipinski definition) is 0. The first-order valence-corrected chi connectivity index (χ1v) is 5.27. The topological polar surface area (TPSA) is 0 Å². The molecule has 0 saturated heterocycles. The lowest BCUT2D eigenvalue weighted by Crippen LogP contribution is -2.40. The van der Waals surface area contributed by atoms with Gasteiger partial charge in [-0.05, 0) is 30.5 Å². The zero-order valence-corrected chi connectivity index (χ0v) is 10.1. The maximum Gasteiger partial charge on any atom is 0.455 e. The third-order valence-electron chi connectivity index (χ3n) is 2.45. The zero-order chi connectivity index (χ0) is 14.3. The van der Waals surface area contributed by atoms with Gasteiger partial charge in [0, 0.05) is 0 Å². The quantitative estimate of drug-likeness (QED) is 0.536. The average Bonchev–Trinajstić information content (AvgIpc) is 2.22. The molecule has 1 aromatic carbocycles. The van der Waals surface area contributed by atoms with E-state index >= 15 is 0 Å². The van der Waals surface area contributed by atoms with E-state index in [-0.39, 0.29) is 11.1 Å². The predicted molar refractivity (Wildman–Crippen MR) is 55.5 cm³/mol. The Labute approximate surface area is 105 Å². The van der Waals surface area contributed by atoms with Crippen LogP contribution >= 0.6 is 11.6 Å². The highest BCUT2D eigenvalue weighted by Crippen LogP contribution is 2.48. The van der Waals surface area contributed by atoms with Crippen molar-refractivity contribution in [3.05, 3.63) is 34.6 Å². The summed E-state index contributed by atoms with van der Waals surface area (Å²) < 4.78 is 75.7. The Balaban J connectivity index is 3.24. The van der Waals surface area contributed by atoms with Gasteiger partial charge in [-0.25, -0.2) is 4.39 Å². The molecule has 0 amide bonds. The molecule has 0 aliphatic heterocycles. The van der Waals surface area contributed by atoms with Gasteiger partial charge in [0.2, 0.25) is 0 Å². The molecular formula is C11H9ClF6. The highest BCUT2D eigenvalue weighted by atomic mass is 35.5. The Bertz CT molecular complexity index is 428. The van der Waals surface area contributed by atoms with E-state index in [1.54, 1.807) is 0 Å². The Morgan fingerprint density at radius 2 is 1.39 bits per heavy atom. The molecular weight excluding hydrogens is 282 g/mol. The summed E-state index contributed by atoms with van der Waals surface area (Å²) in [5.74, 6) is -5.73. The number of benzene rings is 1. The molecule has 0 nitrogen and oxygen atoms in total. The minimum atomic E-state index is -5.75. The average molecular weight is 291 g/mol. The molecule has 0 spiro atoms. The molecule has 7 heteroatoms. The first-order valence-electron chi connectivity index (χ1n) is 4.83. The van der Waals surface area contributed by atoms with Gasteiger partial charge in [-0.15, -0.1) is 11.6 Å². The summed E-state index contributed by atoms with van der Waals surface area (Å²) in [4.78, 5) is 0. The second-order valence-corrected chi connectivity index (χ2v) is 4.39. The minimum absolute atomic E-state index is 0.0337. The lowest BCUT2D eigenvalue weighted by Gasteiger charge is -2.25. The van der Waals surface area contributed by atoms with Crippen LogP contribution in [-0.4, -0.2) is 12.1 Å². The van der Waals surface area contributed by atoms with Gasteiger partial charge in [0.15, 0.2) is 0 Å². The molecule has 1 rings (SSSR count). The van der Waals surface area contributed by atoms with Gasteiger partial charge < -0.3 is 0 Å². The zero-order valence-electron chi connectivity index (χ0n) is 9.38. The molecule has 0 N–H and O–H groups in total. The monoisotopic (exact) mass is 290 g/mol. The van der Waals surface area contributed by atoms with Crippen molar-refractivity contribution in [2.24, 2.45) is 0 Å². The van der Waals surface area contributed by atoms with Crippen molar-refractivity contribution in [2.45, 2.75) is 31.3 Å². The van der Waals surface area contributed by atoms with E-state index in [1.165, 1.54) is 13.8 Å². The van der Waals surface area contributed by atoms with Crippen molar-refractivity contribution >= 4 is 11.6 Å². The highest BCUT2D eigenvalue weighted by Gasteiger charge is 2.62. The van der Waals surface area contributed by atoms with Crippen LogP contribution < -0.4 is 0 Å². The SMILES string of the molecule is Cc1cc(C(Cl)C(F)(F)C(F)(F)F)cc(C)c1F. The van der Waals surface area contributed by atoms with Crippen molar-refractivity contribution in [3.63, 3.8) is 0 Å². The van der Waals surface area contributed by atoms with Crippen molar-refractivity contribution < 1.29 is 26.3 Å². The molecule has 0 aliphatic carbocycles. The Kier molecular flexibility index (Phi) is 3.91. The molecule has 0 fully saturated rings. The van der Waals surface area contributed by atoms with Gasteiger partial charge in [-0.2, -0.15) is 22.0 Å². The van der Waals surface area contributed by atoms with Gasteiger partial charge in [0.25, 0.3) is 0 Å². The van der Waals surface area contributed by atoms with Crippen LogP contribution in [0.2, 0.25) is 0 Å². The maximum absolute atomic E-state index is 13.3. The Hall–Kier alpha value is -0.910. The molecule has 0 saturated carbocycles. The summed E-state index contributed by atoms with van der Waals surface area (Å²) in [6.07, 6.45) is -5.75. The van der Waals surface area contributed by atoms with Crippen molar-refractivity contribution in [1.82, 2.24) is 0 Å². The van der Waals surface area contributed by atoms with E-state index in [0.717, 1.165) is 12.1 Å². The second-order valence-electron chi connectivity index (χ2n) is 3.95. The minimum Gasteiger partial charge on any atom is -0.206 e. The third kappa shape index (κ3) is 2.58. The molecule has 0 aromatic heterocycles. The van der Waals surface area contributed by atoms with Crippen LogP contribution in [-0.2, 0) is 0 Å². The van der Waals surface area contributed by atoms with Gasteiger partial charge in [-0.1, -0.05) is 12.1 Å². The van der Waals surface area contributed by atoms with E-state index < -0.39 is 28.9 Å². The van der Waals surface area contributed by atoms with Gasteiger partial charge in [0.05, 0.1) is 0 Å². The molecule has 1 atom stereocenters. The van der Waals surface area contributed by atoms with Gasteiger partial charge >= 0.3 is 12.1 Å². The van der Waals surface area contributed by atoms with Crippen LogP contribution in [0, 0.1) is 19.7 Å². The van der Waals surface area contributed by atoms with Gasteiger partial charge in [-0.3, -0.25) is 0 Å². The molecule has 0 radical (unpaired) electrons. The van der Waals surface area contributed by atoms with E-state index in [0.29, 0.717) is 0 Å². The summed E-state index contributed by atoms with van der Waals surface area (Å²) >= 11 is 5.19. The highest BCUT2D eigenvalue weighted by molar-refractivity contribution is 6.21. The lowest BCUT2D eigenvalue weighted by molar-refractivity contribution is -0.283. The number of alkyl halides is 6. The fraction of sp³-hybridized carbons (Fsp3) is 0.455. The first kappa shape index (κ1) is 15.1. The van der Waals surface area contributed by atoms with Crippen molar-refractivity contribution in [2.75, 3.05) is 0 Å². The summed E-state index contributed by atoms with van der Waals surface area (Å²) in [7, 11) is 0. The maximum atomic E-state index is 13.3. The van der Waals surface area contributed by atoms with E-state index in [2.05, 4.69) is 0 Å². The van der Waals surface area contributed by atoms with Crippen LogP contribution in [0.4, 0.5) is 26.3 Å². The summed E-state index contributed by atoms with van der Waals surface area (Å²) in [6, 6.07) is 1.78. The van der Waals surface area contributed by atoms with Crippen LogP contribution in [0.3, 0.4) is 0 Å². The molecule has 1 aromatic rings. The standard InChI is InChI=1S/C11H9ClF6/c1-5-3-7(4-6(2)8(5)13)9(12)10(14,15)11(16,17)18/h3-4,9H,1-2H3. The molecule has 0 aliphatic rings. The van der Waals surface area contributed by atoms with Crippen LogP contribution in [0.5, 0.6) is 0 Å². The van der Waals surface area contributed by atoms with Crippen LogP contribution in [0.25, 0.3) is 0 Å². The number of hydrogen-bond donors (Lipinski definition) is 0. The van der Waals surface area contributed by atoms with E-state index in [4.69, 9.17) is 11.6 Å². The van der Waals surface area contributed by atoms with Crippen LogP contribution in [0.15, 0.2) is 12.1 Å². The summed E-state index contributed by atoms with van der Waals surface area (Å²) in [5.41, 5.74) is -0.530. The molecule has 0 bridgehead atoms. The fourth-order valence-corrected chi connectivity index (χ4v) is 1.73. The van der Waals surface area contributed by atoms with Crippen molar-refractivity contribution in [3.8, 4) is 0 Å². The van der Waals surface area contributed by atoms with Crippen molar-refractivity contribution in [1.29, 1.82) is 0 Å². The molecule has 0 heterocycles. The Morgan fingerprint density at radius 3 is 1.72 bits per heavy atom. The largest absolute Gasteiger partial charge is 0.455 e. The van der Waals surface area contributed by atoms with Crippen LogP contribution in [0.1, 0.15) is 22.1 Å². The predicted octanol–water partition coefficient (Wildman–Crippen LogP) is 4.92. The lowest BCUT2D eigenvalue weighted by atomic mass is 10.0. The number of halogens is 7. The second kappa shape index (κ2) is 4.64.